The number of esters is 1. The van der Waals surface area contributed by atoms with Crippen molar-refractivity contribution >= 4 is 12.9 Å². The molecule has 0 fully saturated rings. The highest BCUT2D eigenvalue weighted by atomic mass is 19.4. The molecule has 1 atom stereocenters. The zero-order chi connectivity index (χ0) is 11.6. The summed E-state index contributed by atoms with van der Waals surface area (Å²) >= 11 is 0. The van der Waals surface area contributed by atoms with Crippen molar-refractivity contribution in [1.82, 2.24) is 0 Å². The second-order valence-electron chi connectivity index (χ2n) is 4.38. The zero-order valence-corrected chi connectivity index (χ0v) is 8.81. The number of rotatable bonds is 3. The van der Waals surface area contributed by atoms with Gasteiger partial charge in [0.05, 0.1) is 0 Å². The molecule has 0 aromatic rings. The summed E-state index contributed by atoms with van der Waals surface area (Å²) in [5, 5.41) is 0. The predicted molar refractivity (Wildman–Crippen MR) is 48.9 cm³/mol. The van der Waals surface area contributed by atoms with Crippen LogP contribution in [0.4, 0.5) is 12.9 Å². The minimum atomic E-state index is -4.92. The van der Waals surface area contributed by atoms with Gasteiger partial charge in [-0.05, 0) is 20.8 Å². The van der Waals surface area contributed by atoms with Crippen LogP contribution in [0.3, 0.4) is 0 Å². The maximum Gasteiger partial charge on any atom is 0.479 e. The van der Waals surface area contributed by atoms with E-state index in [-0.39, 0.29) is 0 Å². The summed E-state index contributed by atoms with van der Waals surface area (Å²) in [7, 11) is 0. The molecule has 1 unspecified atom stereocenters. The Morgan fingerprint density at radius 1 is 1.36 bits per heavy atom. The molecule has 14 heavy (non-hydrogen) atoms. The van der Waals surface area contributed by atoms with Gasteiger partial charge in [-0.2, -0.15) is 0 Å². The van der Waals surface area contributed by atoms with Crippen molar-refractivity contribution in [2.45, 2.75) is 39.6 Å². The van der Waals surface area contributed by atoms with Gasteiger partial charge < -0.3 is 17.7 Å². The molecule has 0 spiro atoms. The van der Waals surface area contributed by atoms with E-state index in [4.69, 9.17) is 4.74 Å². The molecular weight excluding hydrogens is 196 g/mol. The van der Waals surface area contributed by atoms with Gasteiger partial charge in [-0.25, -0.2) is 0 Å². The highest BCUT2D eigenvalue weighted by Crippen LogP contribution is 2.23. The van der Waals surface area contributed by atoms with E-state index in [0.717, 1.165) is 0 Å². The minimum Gasteiger partial charge on any atom is -0.460 e. The summed E-state index contributed by atoms with van der Waals surface area (Å²) < 4.78 is 40.7. The molecular formula is C8H15BF3O2-. The van der Waals surface area contributed by atoms with Crippen LogP contribution < -0.4 is 0 Å². The summed E-state index contributed by atoms with van der Waals surface area (Å²) in [6.07, 6.45) is -1.07. The van der Waals surface area contributed by atoms with Crippen molar-refractivity contribution < 1.29 is 22.5 Å². The first-order valence-electron chi connectivity index (χ1n) is 4.45. The molecule has 0 radical (unpaired) electrons. The van der Waals surface area contributed by atoms with Gasteiger partial charge in [0.2, 0.25) is 0 Å². The van der Waals surface area contributed by atoms with Gasteiger partial charge in [0.1, 0.15) is 5.60 Å². The second-order valence-corrected chi connectivity index (χ2v) is 4.38. The van der Waals surface area contributed by atoms with E-state index in [1.165, 1.54) is 6.92 Å². The van der Waals surface area contributed by atoms with Crippen LogP contribution >= 0.6 is 0 Å². The fourth-order valence-electron chi connectivity index (χ4n) is 0.899. The van der Waals surface area contributed by atoms with Crippen LogP contribution in [0.1, 0.15) is 27.7 Å². The molecule has 0 aliphatic heterocycles. The van der Waals surface area contributed by atoms with Gasteiger partial charge in [-0.15, -0.1) is 0 Å². The third-order valence-electron chi connectivity index (χ3n) is 1.43. The third kappa shape index (κ3) is 6.80. The van der Waals surface area contributed by atoms with Gasteiger partial charge in [-0.3, -0.25) is 4.79 Å². The zero-order valence-electron chi connectivity index (χ0n) is 8.81. The molecule has 0 aromatic carbocycles. The molecule has 0 aliphatic carbocycles. The highest BCUT2D eigenvalue weighted by Gasteiger charge is 2.31. The maximum atomic E-state index is 12.0. The van der Waals surface area contributed by atoms with E-state index in [1.54, 1.807) is 20.8 Å². The number of hydrogen-bond acceptors (Lipinski definition) is 2. The summed E-state index contributed by atoms with van der Waals surface area (Å²) in [6.45, 7) is 1.17. The molecule has 0 aromatic heterocycles. The quantitative estimate of drug-likeness (QED) is 0.529. The number of ether oxygens (including phenoxy) is 1. The Hall–Kier alpha value is -0.675. The van der Waals surface area contributed by atoms with Gasteiger partial charge >= 0.3 is 12.9 Å². The molecule has 0 bridgehead atoms. The Balaban J connectivity index is 4.15. The highest BCUT2D eigenvalue weighted by molar-refractivity contribution is 6.58. The predicted octanol–water partition coefficient (Wildman–Crippen LogP) is 2.81. The lowest BCUT2D eigenvalue weighted by Crippen LogP contribution is -2.30. The summed E-state index contributed by atoms with van der Waals surface area (Å²) in [6, 6.07) is 0. The lowest BCUT2D eigenvalue weighted by molar-refractivity contribution is -0.158. The number of halogens is 3. The van der Waals surface area contributed by atoms with E-state index in [1.807, 2.05) is 0 Å². The number of carbonyl (C=O) groups excluding carboxylic acids is 1. The molecule has 0 saturated carbocycles. The van der Waals surface area contributed by atoms with E-state index < -0.39 is 30.8 Å². The monoisotopic (exact) mass is 211 g/mol. The molecule has 0 rings (SSSR count). The Morgan fingerprint density at radius 3 is 2.07 bits per heavy atom. The van der Waals surface area contributed by atoms with Crippen molar-refractivity contribution in [2.75, 3.05) is 0 Å². The van der Waals surface area contributed by atoms with Crippen molar-refractivity contribution in [3.63, 3.8) is 0 Å². The molecule has 84 valence electrons. The maximum absolute atomic E-state index is 12.0. The van der Waals surface area contributed by atoms with Gasteiger partial charge in [-0.1, -0.05) is 13.2 Å². The summed E-state index contributed by atoms with van der Waals surface area (Å²) in [5.41, 5.74) is -0.732. The first kappa shape index (κ1) is 13.3. The largest absolute Gasteiger partial charge is 0.479 e. The van der Waals surface area contributed by atoms with E-state index in [0.29, 0.717) is 0 Å². The van der Waals surface area contributed by atoms with Crippen LogP contribution in [-0.2, 0) is 9.53 Å². The number of hydrogen-bond donors (Lipinski definition) is 0. The lowest BCUT2D eigenvalue weighted by atomic mass is 9.79. The molecule has 2 nitrogen and oxygen atoms in total. The molecule has 0 heterocycles. The Morgan fingerprint density at radius 2 is 1.79 bits per heavy atom. The van der Waals surface area contributed by atoms with Crippen LogP contribution in [0.25, 0.3) is 0 Å². The van der Waals surface area contributed by atoms with Crippen molar-refractivity contribution in [1.29, 1.82) is 0 Å². The Labute approximate surface area is 81.9 Å². The van der Waals surface area contributed by atoms with Crippen LogP contribution in [0.5, 0.6) is 0 Å². The number of carbonyl (C=O) groups is 1. The molecule has 0 saturated heterocycles. The van der Waals surface area contributed by atoms with Crippen molar-refractivity contribution in [3.05, 3.63) is 0 Å². The van der Waals surface area contributed by atoms with E-state index in [2.05, 4.69) is 0 Å². The fraction of sp³-hybridized carbons (Fsp3) is 0.875. The van der Waals surface area contributed by atoms with Crippen molar-refractivity contribution in [3.8, 4) is 0 Å². The normalized spacial score (nSPS) is 15.1. The topological polar surface area (TPSA) is 26.3 Å². The Kier molecular flexibility index (Phi) is 4.03. The average Bonchev–Trinajstić information content (AvgIpc) is 1.78. The van der Waals surface area contributed by atoms with Crippen molar-refractivity contribution in [2.24, 2.45) is 5.92 Å². The minimum absolute atomic E-state index is 0.732. The molecule has 6 heteroatoms. The van der Waals surface area contributed by atoms with Gasteiger partial charge in [0, 0.05) is 5.92 Å². The van der Waals surface area contributed by atoms with E-state index >= 15 is 0 Å². The fourth-order valence-corrected chi connectivity index (χ4v) is 0.899. The van der Waals surface area contributed by atoms with Crippen LogP contribution in [-0.4, -0.2) is 18.5 Å². The molecule has 0 N–H and O–H groups in total. The van der Waals surface area contributed by atoms with Crippen LogP contribution in [0.2, 0.25) is 6.32 Å². The standard InChI is InChI=1S/C8H15BF3O2/c1-6(5-9(10,11)12)7(13)14-8(2,3)4/h6H,5H2,1-4H3/q-1. The summed E-state index contributed by atoms with van der Waals surface area (Å²) in [4.78, 5) is 11.1. The average molecular weight is 211 g/mol. The third-order valence-corrected chi connectivity index (χ3v) is 1.43. The van der Waals surface area contributed by atoms with Gasteiger partial charge in [0.15, 0.2) is 0 Å². The first-order chi connectivity index (χ1) is 6.01. The van der Waals surface area contributed by atoms with E-state index in [9.17, 15) is 17.7 Å². The SMILES string of the molecule is CC(C[B-](F)(F)F)C(=O)OC(C)(C)C. The van der Waals surface area contributed by atoms with Crippen LogP contribution in [0, 0.1) is 5.92 Å². The smallest absolute Gasteiger partial charge is 0.460 e. The molecule has 0 amide bonds. The Bertz CT molecular complexity index is 208. The van der Waals surface area contributed by atoms with Gasteiger partial charge in [0.25, 0.3) is 0 Å². The lowest BCUT2D eigenvalue weighted by Gasteiger charge is -2.24. The first-order valence-corrected chi connectivity index (χ1v) is 4.45. The molecule has 0 aliphatic rings. The second kappa shape index (κ2) is 4.23. The summed E-state index contributed by atoms with van der Waals surface area (Å²) in [5.74, 6) is -1.91. The van der Waals surface area contributed by atoms with Crippen LogP contribution in [0.15, 0.2) is 0 Å².